The highest BCUT2D eigenvalue weighted by molar-refractivity contribution is 5.75. The third kappa shape index (κ3) is 4.97. The Balaban J connectivity index is 2.05. The maximum atomic E-state index is 10.8. The molecule has 0 spiro atoms. The van der Waals surface area contributed by atoms with Crippen molar-refractivity contribution in [2.24, 2.45) is 5.84 Å². The summed E-state index contributed by atoms with van der Waals surface area (Å²) >= 11 is 0. The van der Waals surface area contributed by atoms with E-state index in [4.69, 9.17) is 10.6 Å². The first-order chi connectivity index (χ1) is 7.33. The lowest BCUT2D eigenvalue weighted by Crippen LogP contribution is -2.29. The molecule has 0 aliphatic heterocycles. The Bertz CT molecular complexity index is 290. The molecule has 5 nitrogen and oxygen atoms in total. The average molecular weight is 209 g/mol. The van der Waals surface area contributed by atoms with E-state index >= 15 is 0 Å². The van der Waals surface area contributed by atoms with Crippen molar-refractivity contribution in [3.05, 3.63) is 24.5 Å². The molecule has 3 N–H and O–H groups in total. The number of pyridine rings is 1. The first-order valence-electron chi connectivity index (χ1n) is 4.85. The molecule has 1 heterocycles. The molecule has 0 saturated heterocycles. The highest BCUT2D eigenvalue weighted by Gasteiger charge is 1.98. The quantitative estimate of drug-likeness (QED) is 0.311. The van der Waals surface area contributed by atoms with Crippen molar-refractivity contribution in [2.75, 3.05) is 6.61 Å². The van der Waals surface area contributed by atoms with E-state index in [2.05, 4.69) is 10.4 Å². The van der Waals surface area contributed by atoms with Crippen LogP contribution in [-0.4, -0.2) is 17.5 Å². The van der Waals surface area contributed by atoms with Gasteiger partial charge in [0.15, 0.2) is 0 Å². The van der Waals surface area contributed by atoms with Gasteiger partial charge in [-0.1, -0.05) is 0 Å². The number of ether oxygens (including phenoxy) is 1. The number of rotatable bonds is 6. The monoisotopic (exact) mass is 209 g/mol. The summed E-state index contributed by atoms with van der Waals surface area (Å²) in [7, 11) is 0. The Morgan fingerprint density at radius 2 is 2.40 bits per heavy atom. The van der Waals surface area contributed by atoms with E-state index in [1.807, 2.05) is 12.1 Å². The van der Waals surface area contributed by atoms with E-state index in [-0.39, 0.29) is 5.91 Å². The zero-order valence-electron chi connectivity index (χ0n) is 8.48. The predicted octanol–water partition coefficient (Wildman–Crippen LogP) is 0.621. The second-order valence-electron chi connectivity index (χ2n) is 3.06. The number of hydrogen-bond donors (Lipinski definition) is 2. The second-order valence-corrected chi connectivity index (χ2v) is 3.06. The Kier molecular flexibility index (Phi) is 5.18. The van der Waals surface area contributed by atoms with Gasteiger partial charge in [-0.05, 0) is 25.0 Å². The van der Waals surface area contributed by atoms with Gasteiger partial charge in [0.05, 0.1) is 12.8 Å². The Morgan fingerprint density at radius 3 is 3.07 bits per heavy atom. The van der Waals surface area contributed by atoms with Gasteiger partial charge < -0.3 is 4.74 Å². The number of aromatic nitrogens is 1. The average Bonchev–Trinajstić information content (AvgIpc) is 2.29. The number of hydrogen-bond acceptors (Lipinski definition) is 4. The van der Waals surface area contributed by atoms with Gasteiger partial charge >= 0.3 is 0 Å². The van der Waals surface area contributed by atoms with Crippen LogP contribution in [0.5, 0.6) is 5.75 Å². The smallest absolute Gasteiger partial charge is 0.233 e. The number of carbonyl (C=O) groups excluding carboxylic acids is 1. The van der Waals surface area contributed by atoms with E-state index in [0.717, 1.165) is 18.6 Å². The predicted molar refractivity (Wildman–Crippen MR) is 55.9 cm³/mol. The van der Waals surface area contributed by atoms with Crippen molar-refractivity contribution in [3.8, 4) is 5.75 Å². The molecule has 0 fully saturated rings. The molecule has 0 aliphatic carbocycles. The third-order valence-corrected chi connectivity index (χ3v) is 1.86. The molecule has 1 aromatic rings. The molecular formula is C10H15N3O2. The molecule has 0 radical (unpaired) electrons. The topological polar surface area (TPSA) is 77.2 Å². The summed E-state index contributed by atoms with van der Waals surface area (Å²) < 4.78 is 5.40. The van der Waals surface area contributed by atoms with Gasteiger partial charge in [0.2, 0.25) is 5.91 Å². The molecule has 1 rings (SSSR count). The summed E-state index contributed by atoms with van der Waals surface area (Å²) in [6.45, 7) is 0.587. The SMILES string of the molecule is NNC(=O)CCCCOc1cccnc1. The highest BCUT2D eigenvalue weighted by Crippen LogP contribution is 2.07. The maximum Gasteiger partial charge on any atom is 0.233 e. The van der Waals surface area contributed by atoms with Crippen LogP contribution >= 0.6 is 0 Å². The van der Waals surface area contributed by atoms with Gasteiger partial charge in [0.25, 0.3) is 0 Å². The molecule has 0 bridgehead atoms. The van der Waals surface area contributed by atoms with E-state index in [1.165, 1.54) is 0 Å². The van der Waals surface area contributed by atoms with E-state index in [0.29, 0.717) is 13.0 Å². The number of hydrazine groups is 1. The van der Waals surface area contributed by atoms with E-state index < -0.39 is 0 Å². The summed E-state index contributed by atoms with van der Waals surface area (Å²) in [5.41, 5.74) is 2.08. The van der Waals surface area contributed by atoms with Gasteiger partial charge in [0.1, 0.15) is 5.75 Å². The maximum absolute atomic E-state index is 10.8. The van der Waals surface area contributed by atoms with Crippen molar-refractivity contribution in [1.82, 2.24) is 10.4 Å². The molecule has 0 unspecified atom stereocenters. The standard InChI is InChI=1S/C10H15N3O2/c11-13-10(14)5-1-2-7-15-9-4-3-6-12-8-9/h3-4,6,8H,1-2,5,7,11H2,(H,13,14). The fraction of sp³-hybridized carbons (Fsp3) is 0.400. The number of amides is 1. The third-order valence-electron chi connectivity index (χ3n) is 1.86. The first kappa shape index (κ1) is 11.5. The van der Waals surface area contributed by atoms with E-state index in [9.17, 15) is 4.79 Å². The van der Waals surface area contributed by atoms with Gasteiger partial charge in [-0.15, -0.1) is 0 Å². The minimum atomic E-state index is -0.142. The Labute approximate surface area is 88.6 Å². The summed E-state index contributed by atoms with van der Waals surface area (Å²) in [5.74, 6) is 5.55. The first-order valence-corrected chi connectivity index (χ1v) is 4.85. The molecule has 1 amide bonds. The van der Waals surface area contributed by atoms with Crippen molar-refractivity contribution < 1.29 is 9.53 Å². The molecule has 0 saturated carbocycles. The van der Waals surface area contributed by atoms with Crippen molar-refractivity contribution in [1.29, 1.82) is 0 Å². The summed E-state index contributed by atoms with van der Waals surface area (Å²) in [5, 5.41) is 0. The lowest BCUT2D eigenvalue weighted by Gasteiger charge is -2.04. The van der Waals surface area contributed by atoms with Gasteiger partial charge in [0, 0.05) is 12.6 Å². The zero-order valence-corrected chi connectivity index (χ0v) is 8.48. The zero-order chi connectivity index (χ0) is 10.9. The van der Waals surface area contributed by atoms with Crippen LogP contribution in [0, 0.1) is 0 Å². The molecular weight excluding hydrogens is 194 g/mol. The molecule has 0 atom stereocenters. The van der Waals surface area contributed by atoms with Crippen LogP contribution in [0.2, 0.25) is 0 Å². The van der Waals surface area contributed by atoms with Crippen LogP contribution in [0.3, 0.4) is 0 Å². The van der Waals surface area contributed by atoms with Gasteiger partial charge in [-0.3, -0.25) is 15.2 Å². The number of nitrogens with two attached hydrogens (primary N) is 1. The molecule has 82 valence electrons. The molecule has 15 heavy (non-hydrogen) atoms. The van der Waals surface area contributed by atoms with Crippen molar-refractivity contribution in [3.63, 3.8) is 0 Å². The van der Waals surface area contributed by atoms with Crippen molar-refractivity contribution >= 4 is 5.91 Å². The number of nitrogens with one attached hydrogen (secondary N) is 1. The summed E-state index contributed by atoms with van der Waals surface area (Å²) in [6.07, 6.45) is 5.38. The largest absolute Gasteiger partial charge is 0.492 e. The second kappa shape index (κ2) is 6.78. The lowest BCUT2D eigenvalue weighted by molar-refractivity contribution is -0.121. The van der Waals surface area contributed by atoms with Crippen LogP contribution < -0.4 is 16.0 Å². The van der Waals surface area contributed by atoms with Crippen LogP contribution in [0.4, 0.5) is 0 Å². The minimum Gasteiger partial charge on any atom is -0.492 e. The fourth-order valence-electron chi connectivity index (χ4n) is 1.08. The number of nitrogens with zero attached hydrogens (tertiary/aromatic N) is 1. The number of carbonyl (C=O) groups is 1. The van der Waals surface area contributed by atoms with Gasteiger partial charge in [-0.2, -0.15) is 0 Å². The highest BCUT2D eigenvalue weighted by atomic mass is 16.5. The van der Waals surface area contributed by atoms with Crippen molar-refractivity contribution in [2.45, 2.75) is 19.3 Å². The number of unbranched alkanes of at least 4 members (excludes halogenated alkanes) is 1. The van der Waals surface area contributed by atoms with Crippen LogP contribution in [-0.2, 0) is 4.79 Å². The fourth-order valence-corrected chi connectivity index (χ4v) is 1.08. The normalized spacial score (nSPS) is 9.67. The molecule has 0 aliphatic rings. The molecule has 0 aromatic carbocycles. The Morgan fingerprint density at radius 1 is 1.53 bits per heavy atom. The molecule has 1 aromatic heterocycles. The van der Waals surface area contributed by atoms with Crippen LogP contribution in [0.1, 0.15) is 19.3 Å². The summed E-state index contributed by atoms with van der Waals surface area (Å²) in [4.78, 5) is 14.7. The summed E-state index contributed by atoms with van der Waals surface area (Å²) in [6, 6.07) is 3.66. The van der Waals surface area contributed by atoms with Crippen LogP contribution in [0.25, 0.3) is 0 Å². The van der Waals surface area contributed by atoms with Crippen LogP contribution in [0.15, 0.2) is 24.5 Å². The van der Waals surface area contributed by atoms with E-state index in [1.54, 1.807) is 12.4 Å². The lowest BCUT2D eigenvalue weighted by atomic mass is 10.2. The van der Waals surface area contributed by atoms with Gasteiger partial charge in [-0.25, -0.2) is 5.84 Å². The molecule has 5 heteroatoms. The minimum absolute atomic E-state index is 0.142. The Hall–Kier alpha value is -1.62.